The lowest BCUT2D eigenvalue weighted by Gasteiger charge is -2.34. The van der Waals surface area contributed by atoms with E-state index in [0.717, 1.165) is 36.2 Å². The Morgan fingerprint density at radius 3 is 2.80 bits per heavy atom. The number of ether oxygens (including phenoxy) is 1. The van der Waals surface area contributed by atoms with Crippen LogP contribution in [0.25, 0.3) is 0 Å². The monoisotopic (exact) mass is 340 g/mol. The lowest BCUT2D eigenvalue weighted by molar-refractivity contribution is -0.139. The van der Waals surface area contributed by atoms with Gasteiger partial charge in [0.1, 0.15) is 5.75 Å². The van der Waals surface area contributed by atoms with Crippen LogP contribution in [-0.4, -0.2) is 43.1 Å². The minimum atomic E-state index is -0.452. The van der Waals surface area contributed by atoms with Crippen LogP contribution in [0.4, 0.5) is 0 Å². The van der Waals surface area contributed by atoms with Crippen LogP contribution in [0.3, 0.4) is 0 Å². The number of carbonyl (C=O) groups is 1. The minimum Gasteiger partial charge on any atom is -0.481 e. The van der Waals surface area contributed by atoms with Crippen molar-refractivity contribution in [2.45, 2.75) is 31.9 Å². The summed E-state index contributed by atoms with van der Waals surface area (Å²) in [5.74, 6) is 0.782. The van der Waals surface area contributed by atoms with Gasteiger partial charge in [-0.15, -0.1) is 0 Å². The lowest BCUT2D eigenvalue weighted by Crippen LogP contribution is -2.50. The number of piperidine rings is 1. The fraction of sp³-hybridized carbons (Fsp3) is 0.533. The number of benzene rings is 1. The minimum absolute atomic E-state index is 0.0628. The highest BCUT2D eigenvalue weighted by Crippen LogP contribution is 2.18. The molecule has 1 saturated heterocycles. The number of nitrogens with one attached hydrogen (secondary N) is 1. The molecule has 1 aromatic rings. The van der Waals surface area contributed by atoms with Crippen molar-refractivity contribution in [1.29, 1.82) is 0 Å². The van der Waals surface area contributed by atoms with Crippen molar-refractivity contribution < 1.29 is 9.53 Å². The highest BCUT2D eigenvalue weighted by Gasteiger charge is 2.27. The molecule has 0 spiro atoms. The molecule has 1 aromatic carbocycles. The molecule has 2 rings (SSSR count). The highest BCUT2D eigenvalue weighted by molar-refractivity contribution is 9.10. The molecule has 0 aromatic heterocycles. The second-order valence-corrected chi connectivity index (χ2v) is 6.04. The molecule has 110 valence electrons. The average Bonchev–Trinajstić information content (AvgIpc) is 2.48. The first-order valence-corrected chi connectivity index (χ1v) is 7.77. The number of nitrogens with zero attached hydrogens (tertiary/aromatic N) is 1. The normalized spacial score (nSPS) is 20.6. The first-order valence-electron chi connectivity index (χ1n) is 6.98. The zero-order chi connectivity index (χ0) is 14.5. The van der Waals surface area contributed by atoms with Crippen molar-refractivity contribution in [2.24, 2.45) is 0 Å². The second kappa shape index (κ2) is 7.09. The third-order valence-corrected chi connectivity index (χ3v) is 4.14. The van der Waals surface area contributed by atoms with Crippen LogP contribution in [0.15, 0.2) is 28.7 Å². The number of hydrogen-bond donors (Lipinski definition) is 1. The highest BCUT2D eigenvalue weighted by atomic mass is 79.9. The number of carbonyl (C=O) groups excluding carboxylic acids is 1. The van der Waals surface area contributed by atoms with Crippen molar-refractivity contribution in [3.05, 3.63) is 28.7 Å². The summed E-state index contributed by atoms with van der Waals surface area (Å²) >= 11 is 3.38. The molecule has 1 amide bonds. The summed E-state index contributed by atoms with van der Waals surface area (Å²) in [5, 5.41) is 3.24. The maximum absolute atomic E-state index is 12.4. The lowest BCUT2D eigenvalue weighted by atomic mass is 10.1. The van der Waals surface area contributed by atoms with Crippen molar-refractivity contribution in [3.8, 4) is 5.75 Å². The maximum atomic E-state index is 12.4. The number of hydrogen-bond acceptors (Lipinski definition) is 3. The Bertz CT molecular complexity index is 450. The van der Waals surface area contributed by atoms with Crippen LogP contribution < -0.4 is 10.1 Å². The van der Waals surface area contributed by atoms with Gasteiger partial charge in [-0.1, -0.05) is 15.9 Å². The Hall–Kier alpha value is -1.07. The molecule has 0 saturated carbocycles. The molecule has 0 aliphatic carbocycles. The van der Waals surface area contributed by atoms with E-state index in [1.54, 1.807) is 0 Å². The van der Waals surface area contributed by atoms with Gasteiger partial charge in [0.2, 0.25) is 0 Å². The average molecular weight is 341 g/mol. The molecular formula is C15H21BrN2O2. The van der Waals surface area contributed by atoms with Gasteiger partial charge in [0.05, 0.1) is 0 Å². The molecule has 1 aliphatic rings. The quantitative estimate of drug-likeness (QED) is 0.915. The van der Waals surface area contributed by atoms with E-state index in [4.69, 9.17) is 4.74 Å². The van der Waals surface area contributed by atoms with Gasteiger partial charge in [-0.05, 0) is 51.1 Å². The third-order valence-electron chi connectivity index (χ3n) is 3.62. The zero-order valence-electron chi connectivity index (χ0n) is 11.9. The predicted octanol–water partition coefficient (Wildman–Crippen LogP) is 2.43. The van der Waals surface area contributed by atoms with E-state index in [1.807, 2.05) is 43.1 Å². The summed E-state index contributed by atoms with van der Waals surface area (Å²) in [7, 11) is 1.94. The van der Waals surface area contributed by atoms with Gasteiger partial charge in [-0.3, -0.25) is 4.79 Å². The van der Waals surface area contributed by atoms with E-state index >= 15 is 0 Å². The zero-order valence-corrected chi connectivity index (χ0v) is 13.5. The van der Waals surface area contributed by atoms with Crippen molar-refractivity contribution >= 4 is 21.8 Å². The van der Waals surface area contributed by atoms with Gasteiger partial charge >= 0.3 is 0 Å². The van der Waals surface area contributed by atoms with Crippen LogP contribution in [0.1, 0.15) is 19.8 Å². The second-order valence-electron chi connectivity index (χ2n) is 5.13. The number of rotatable bonds is 4. The Morgan fingerprint density at radius 2 is 2.15 bits per heavy atom. The van der Waals surface area contributed by atoms with Gasteiger partial charge in [0.25, 0.3) is 5.91 Å². The molecule has 0 radical (unpaired) electrons. The molecule has 0 bridgehead atoms. The summed E-state index contributed by atoms with van der Waals surface area (Å²) in [4.78, 5) is 14.3. The van der Waals surface area contributed by atoms with Gasteiger partial charge in [0, 0.05) is 23.6 Å². The molecule has 2 atom stereocenters. The summed E-state index contributed by atoms with van der Waals surface area (Å²) < 4.78 is 6.72. The van der Waals surface area contributed by atoms with Crippen LogP contribution in [0, 0.1) is 0 Å². The summed E-state index contributed by atoms with van der Waals surface area (Å²) in [5.41, 5.74) is 0. The van der Waals surface area contributed by atoms with Gasteiger partial charge < -0.3 is 15.0 Å². The Balaban J connectivity index is 1.92. The molecule has 20 heavy (non-hydrogen) atoms. The third kappa shape index (κ3) is 3.96. The van der Waals surface area contributed by atoms with Crippen LogP contribution >= 0.6 is 15.9 Å². The van der Waals surface area contributed by atoms with E-state index < -0.39 is 6.10 Å². The van der Waals surface area contributed by atoms with E-state index in [9.17, 15) is 4.79 Å². The van der Waals surface area contributed by atoms with Crippen molar-refractivity contribution in [1.82, 2.24) is 10.2 Å². The largest absolute Gasteiger partial charge is 0.481 e. The van der Waals surface area contributed by atoms with E-state index in [2.05, 4.69) is 21.2 Å². The number of amides is 1. The molecule has 1 aliphatic heterocycles. The molecule has 4 nitrogen and oxygen atoms in total. The molecule has 1 heterocycles. The number of halogens is 1. The van der Waals surface area contributed by atoms with Gasteiger partial charge in [0.15, 0.2) is 6.10 Å². The number of likely N-dealkylation sites (tertiary alicyclic amines) is 1. The van der Waals surface area contributed by atoms with E-state index in [1.165, 1.54) is 0 Å². The van der Waals surface area contributed by atoms with Crippen molar-refractivity contribution in [2.75, 3.05) is 20.1 Å². The fourth-order valence-corrected chi connectivity index (χ4v) is 2.70. The Morgan fingerprint density at radius 1 is 1.45 bits per heavy atom. The predicted molar refractivity (Wildman–Crippen MR) is 82.9 cm³/mol. The molecule has 2 unspecified atom stereocenters. The summed E-state index contributed by atoms with van der Waals surface area (Å²) in [6.45, 7) is 3.40. The standard InChI is InChI=1S/C15H21BrN2O2/c1-11(20-14-7-5-12(16)6-8-14)15(19)18-9-3-4-13(10-18)17-2/h5-8,11,13,17H,3-4,9-10H2,1-2H3. The fourth-order valence-electron chi connectivity index (χ4n) is 2.44. The number of likely N-dealkylation sites (N-methyl/N-ethyl adjacent to an activating group) is 1. The summed E-state index contributed by atoms with van der Waals surface area (Å²) in [6, 6.07) is 7.93. The van der Waals surface area contributed by atoms with Gasteiger partial charge in [-0.25, -0.2) is 0 Å². The van der Waals surface area contributed by atoms with Crippen LogP contribution in [0.5, 0.6) is 5.75 Å². The van der Waals surface area contributed by atoms with Crippen LogP contribution in [0.2, 0.25) is 0 Å². The first kappa shape index (κ1) is 15.3. The van der Waals surface area contributed by atoms with Crippen LogP contribution in [-0.2, 0) is 4.79 Å². The van der Waals surface area contributed by atoms with Crippen molar-refractivity contribution in [3.63, 3.8) is 0 Å². The first-order chi connectivity index (χ1) is 9.60. The van der Waals surface area contributed by atoms with Gasteiger partial charge in [-0.2, -0.15) is 0 Å². The molecular weight excluding hydrogens is 320 g/mol. The summed E-state index contributed by atoms with van der Waals surface area (Å²) in [6.07, 6.45) is 1.72. The van der Waals surface area contributed by atoms with E-state index in [-0.39, 0.29) is 5.91 Å². The smallest absolute Gasteiger partial charge is 0.263 e. The molecule has 1 fully saturated rings. The maximum Gasteiger partial charge on any atom is 0.263 e. The Labute approximate surface area is 128 Å². The molecule has 1 N–H and O–H groups in total. The molecule has 5 heteroatoms. The topological polar surface area (TPSA) is 41.6 Å². The van der Waals surface area contributed by atoms with E-state index in [0.29, 0.717) is 6.04 Å². The SMILES string of the molecule is CNC1CCCN(C(=O)C(C)Oc2ccc(Br)cc2)C1. The Kier molecular flexibility index (Phi) is 5.43.